The second-order valence-electron chi connectivity index (χ2n) is 4.21. The molecule has 0 spiro atoms. The van der Waals surface area contributed by atoms with E-state index in [4.69, 9.17) is 5.84 Å². The van der Waals surface area contributed by atoms with Crippen molar-refractivity contribution >= 4 is 11.3 Å². The number of nitrogens with zero attached hydrogens (tertiary/aromatic N) is 1. The summed E-state index contributed by atoms with van der Waals surface area (Å²) in [7, 11) is 0. The second-order valence-corrected chi connectivity index (χ2v) is 5.19. The molecule has 0 aliphatic heterocycles. The van der Waals surface area contributed by atoms with E-state index in [9.17, 15) is 0 Å². The van der Waals surface area contributed by atoms with Crippen molar-refractivity contribution in [2.75, 3.05) is 0 Å². The number of rotatable bonds is 8. The molecule has 1 aromatic rings. The number of unbranched alkanes of at least 4 members (excludes halogenated alkanes) is 1. The van der Waals surface area contributed by atoms with Crippen molar-refractivity contribution in [2.24, 2.45) is 11.8 Å². The standard InChI is InChI=1S/C12H23N3S/c1-3-5-6-10(4-2)11(15-13)9-12-14-7-8-16-12/h7-8,10-11,15H,3-6,9,13H2,1-2H3. The summed E-state index contributed by atoms with van der Waals surface area (Å²) in [6.07, 6.45) is 7.80. The topological polar surface area (TPSA) is 50.9 Å². The minimum atomic E-state index is 0.364. The molecule has 0 fully saturated rings. The Balaban J connectivity index is 2.49. The average molecular weight is 241 g/mol. The highest BCUT2D eigenvalue weighted by Gasteiger charge is 2.19. The molecule has 0 aliphatic rings. The molecule has 3 nitrogen and oxygen atoms in total. The van der Waals surface area contributed by atoms with Crippen LogP contribution in [0.15, 0.2) is 11.6 Å². The number of aromatic nitrogens is 1. The largest absolute Gasteiger partial charge is 0.271 e. The lowest BCUT2D eigenvalue weighted by Crippen LogP contribution is -2.42. The van der Waals surface area contributed by atoms with E-state index in [0.29, 0.717) is 12.0 Å². The average Bonchev–Trinajstić information content (AvgIpc) is 2.81. The predicted molar refractivity (Wildman–Crippen MR) is 70.2 cm³/mol. The van der Waals surface area contributed by atoms with Crippen molar-refractivity contribution in [3.05, 3.63) is 16.6 Å². The minimum absolute atomic E-state index is 0.364. The maximum atomic E-state index is 5.66. The van der Waals surface area contributed by atoms with Crippen LogP contribution < -0.4 is 11.3 Å². The molecule has 4 heteroatoms. The van der Waals surface area contributed by atoms with Crippen molar-refractivity contribution in [1.29, 1.82) is 0 Å². The number of hydrazine groups is 1. The first-order valence-electron chi connectivity index (χ1n) is 6.16. The van der Waals surface area contributed by atoms with Crippen LogP contribution >= 0.6 is 11.3 Å². The van der Waals surface area contributed by atoms with Crippen LogP contribution in [0.2, 0.25) is 0 Å². The molecule has 0 saturated heterocycles. The Bertz CT molecular complexity index is 261. The molecule has 16 heavy (non-hydrogen) atoms. The van der Waals surface area contributed by atoms with Gasteiger partial charge in [-0.15, -0.1) is 11.3 Å². The lowest BCUT2D eigenvalue weighted by atomic mass is 9.90. The van der Waals surface area contributed by atoms with E-state index in [-0.39, 0.29) is 0 Å². The molecule has 1 heterocycles. The zero-order valence-electron chi connectivity index (χ0n) is 10.3. The molecule has 0 amide bonds. The van der Waals surface area contributed by atoms with Crippen LogP contribution in [0.25, 0.3) is 0 Å². The third-order valence-corrected chi connectivity index (χ3v) is 3.92. The van der Waals surface area contributed by atoms with Gasteiger partial charge in [0.1, 0.15) is 0 Å². The molecule has 0 aliphatic carbocycles. The summed E-state index contributed by atoms with van der Waals surface area (Å²) >= 11 is 1.71. The normalized spacial score (nSPS) is 14.9. The Morgan fingerprint density at radius 3 is 2.81 bits per heavy atom. The Labute approximate surface area is 102 Å². The first-order chi connectivity index (χ1) is 7.81. The Morgan fingerprint density at radius 2 is 2.31 bits per heavy atom. The van der Waals surface area contributed by atoms with Gasteiger partial charge in [0.15, 0.2) is 0 Å². The summed E-state index contributed by atoms with van der Waals surface area (Å²) in [5.41, 5.74) is 2.97. The Kier molecular flexibility index (Phi) is 6.61. The molecular formula is C12H23N3S. The minimum Gasteiger partial charge on any atom is -0.271 e. The molecule has 3 N–H and O–H groups in total. The van der Waals surface area contributed by atoms with Crippen LogP contribution in [0.1, 0.15) is 44.5 Å². The van der Waals surface area contributed by atoms with Gasteiger partial charge in [0.2, 0.25) is 0 Å². The summed E-state index contributed by atoms with van der Waals surface area (Å²) in [5.74, 6) is 6.33. The predicted octanol–water partition coefficient (Wildman–Crippen LogP) is 2.73. The molecule has 2 atom stereocenters. The first kappa shape index (κ1) is 13.6. The van der Waals surface area contributed by atoms with Crippen LogP contribution in [0.3, 0.4) is 0 Å². The lowest BCUT2D eigenvalue weighted by molar-refractivity contribution is 0.318. The highest BCUT2D eigenvalue weighted by molar-refractivity contribution is 7.09. The van der Waals surface area contributed by atoms with E-state index in [1.807, 2.05) is 11.6 Å². The van der Waals surface area contributed by atoms with Crippen molar-refractivity contribution in [3.8, 4) is 0 Å². The molecule has 0 bridgehead atoms. The third-order valence-electron chi connectivity index (χ3n) is 3.11. The number of hydrogen-bond acceptors (Lipinski definition) is 4. The number of thiazole rings is 1. The molecular weight excluding hydrogens is 218 g/mol. The summed E-state index contributed by atoms with van der Waals surface area (Å²) in [6.45, 7) is 4.48. The van der Waals surface area contributed by atoms with Gasteiger partial charge in [-0.25, -0.2) is 4.98 Å². The van der Waals surface area contributed by atoms with E-state index >= 15 is 0 Å². The molecule has 0 aromatic carbocycles. The lowest BCUT2D eigenvalue weighted by Gasteiger charge is -2.24. The van der Waals surface area contributed by atoms with Gasteiger partial charge in [0.25, 0.3) is 0 Å². The molecule has 1 rings (SSSR count). The van der Waals surface area contributed by atoms with Crippen LogP contribution in [-0.4, -0.2) is 11.0 Å². The quantitative estimate of drug-likeness (QED) is 0.543. The maximum Gasteiger partial charge on any atom is 0.0940 e. The molecule has 0 radical (unpaired) electrons. The van der Waals surface area contributed by atoms with Gasteiger partial charge in [-0.3, -0.25) is 11.3 Å². The summed E-state index contributed by atoms with van der Waals surface area (Å²) in [4.78, 5) is 4.32. The highest BCUT2D eigenvalue weighted by Crippen LogP contribution is 2.20. The van der Waals surface area contributed by atoms with E-state index < -0.39 is 0 Å². The number of nitrogens with two attached hydrogens (primary N) is 1. The fraction of sp³-hybridized carbons (Fsp3) is 0.750. The molecule has 0 saturated carbocycles. The van der Waals surface area contributed by atoms with Gasteiger partial charge in [0, 0.05) is 24.0 Å². The van der Waals surface area contributed by atoms with E-state index in [1.54, 1.807) is 11.3 Å². The summed E-state index contributed by atoms with van der Waals surface area (Å²) < 4.78 is 0. The molecule has 1 aromatic heterocycles. The van der Waals surface area contributed by atoms with Crippen molar-refractivity contribution in [1.82, 2.24) is 10.4 Å². The van der Waals surface area contributed by atoms with Gasteiger partial charge >= 0.3 is 0 Å². The van der Waals surface area contributed by atoms with Gasteiger partial charge in [0.05, 0.1) is 5.01 Å². The Hall–Kier alpha value is -0.450. The summed E-state index contributed by atoms with van der Waals surface area (Å²) in [6, 6.07) is 0.364. The van der Waals surface area contributed by atoms with Gasteiger partial charge < -0.3 is 0 Å². The smallest absolute Gasteiger partial charge is 0.0940 e. The van der Waals surface area contributed by atoms with E-state index in [0.717, 1.165) is 6.42 Å². The van der Waals surface area contributed by atoms with Gasteiger partial charge in [-0.2, -0.15) is 0 Å². The van der Waals surface area contributed by atoms with Crippen LogP contribution in [0.5, 0.6) is 0 Å². The summed E-state index contributed by atoms with van der Waals surface area (Å²) in [5, 5.41) is 3.20. The van der Waals surface area contributed by atoms with Crippen molar-refractivity contribution in [3.63, 3.8) is 0 Å². The fourth-order valence-electron chi connectivity index (χ4n) is 2.06. The third kappa shape index (κ3) is 4.20. The van der Waals surface area contributed by atoms with Crippen molar-refractivity contribution < 1.29 is 0 Å². The van der Waals surface area contributed by atoms with E-state index in [2.05, 4.69) is 24.3 Å². The highest BCUT2D eigenvalue weighted by atomic mass is 32.1. The zero-order valence-corrected chi connectivity index (χ0v) is 11.1. The van der Waals surface area contributed by atoms with Gasteiger partial charge in [-0.05, 0) is 12.3 Å². The van der Waals surface area contributed by atoms with Crippen LogP contribution in [0, 0.1) is 5.92 Å². The first-order valence-corrected chi connectivity index (χ1v) is 7.04. The number of hydrogen-bond donors (Lipinski definition) is 2. The SMILES string of the molecule is CCCCC(CC)C(Cc1nccs1)NN. The maximum absolute atomic E-state index is 5.66. The monoisotopic (exact) mass is 241 g/mol. The van der Waals surface area contributed by atoms with Crippen LogP contribution in [0.4, 0.5) is 0 Å². The molecule has 92 valence electrons. The Morgan fingerprint density at radius 1 is 1.50 bits per heavy atom. The fourth-order valence-corrected chi connectivity index (χ4v) is 2.74. The number of nitrogens with one attached hydrogen (secondary N) is 1. The molecule has 2 unspecified atom stereocenters. The van der Waals surface area contributed by atoms with Crippen molar-refractivity contribution in [2.45, 2.75) is 52.0 Å². The van der Waals surface area contributed by atoms with Crippen LogP contribution in [-0.2, 0) is 6.42 Å². The van der Waals surface area contributed by atoms with E-state index in [1.165, 1.54) is 30.7 Å². The van der Waals surface area contributed by atoms with Gasteiger partial charge in [-0.1, -0.05) is 33.1 Å². The zero-order chi connectivity index (χ0) is 11.8. The second kappa shape index (κ2) is 7.76.